The molecule has 29 heavy (non-hydrogen) atoms. The van der Waals surface area contributed by atoms with Crippen LogP contribution in [0.1, 0.15) is 15.9 Å². The van der Waals surface area contributed by atoms with E-state index in [1.165, 1.54) is 43.4 Å². The van der Waals surface area contributed by atoms with Crippen LogP contribution in [0.4, 0.5) is 10.1 Å². The Bertz CT molecular complexity index is 1130. The van der Waals surface area contributed by atoms with E-state index in [2.05, 4.69) is 5.32 Å². The number of amides is 1. The summed E-state index contributed by atoms with van der Waals surface area (Å²) in [5.74, 6) is -0.793. The molecule has 5 nitrogen and oxygen atoms in total. The molecule has 3 aromatic rings. The fourth-order valence-electron chi connectivity index (χ4n) is 2.65. The molecule has 0 aliphatic heterocycles. The monoisotopic (exact) mass is 432 g/mol. The van der Waals surface area contributed by atoms with Crippen molar-refractivity contribution in [3.63, 3.8) is 0 Å². The SMILES string of the molecule is CN(c1cccc(Cl)c1)S(=O)(=O)c1cccc(C(=O)NCc2ccc(F)cc2)c1. The molecule has 3 rings (SSSR count). The van der Waals surface area contributed by atoms with E-state index in [0.29, 0.717) is 10.7 Å². The van der Waals surface area contributed by atoms with Gasteiger partial charge in [-0.2, -0.15) is 0 Å². The fraction of sp³-hybridized carbons (Fsp3) is 0.0952. The molecule has 0 aromatic heterocycles. The molecule has 0 fully saturated rings. The summed E-state index contributed by atoms with van der Waals surface area (Å²) in [5.41, 5.74) is 1.33. The molecule has 0 unspecified atom stereocenters. The molecule has 0 saturated carbocycles. The van der Waals surface area contributed by atoms with E-state index in [4.69, 9.17) is 11.6 Å². The van der Waals surface area contributed by atoms with Gasteiger partial charge in [0, 0.05) is 24.2 Å². The molecule has 0 atom stereocenters. The van der Waals surface area contributed by atoms with Crippen LogP contribution in [0.3, 0.4) is 0 Å². The van der Waals surface area contributed by atoms with Gasteiger partial charge in [-0.15, -0.1) is 0 Å². The maximum absolute atomic E-state index is 13.0. The first-order valence-corrected chi connectivity index (χ1v) is 10.5. The summed E-state index contributed by atoms with van der Waals surface area (Å²) in [6.07, 6.45) is 0. The number of carbonyl (C=O) groups is 1. The third kappa shape index (κ3) is 4.93. The Morgan fingerprint density at radius 3 is 2.41 bits per heavy atom. The van der Waals surface area contributed by atoms with Crippen LogP contribution in [0.25, 0.3) is 0 Å². The maximum Gasteiger partial charge on any atom is 0.264 e. The molecule has 0 heterocycles. The van der Waals surface area contributed by atoms with Crippen molar-refractivity contribution in [1.82, 2.24) is 5.32 Å². The molecule has 3 aromatic carbocycles. The zero-order chi connectivity index (χ0) is 21.0. The molecule has 1 amide bonds. The molecule has 1 N–H and O–H groups in total. The molecular weight excluding hydrogens is 415 g/mol. The number of hydrogen-bond donors (Lipinski definition) is 1. The number of benzene rings is 3. The van der Waals surface area contributed by atoms with Gasteiger partial charge in [0.05, 0.1) is 10.6 Å². The van der Waals surface area contributed by atoms with Gasteiger partial charge in [0.1, 0.15) is 5.82 Å². The average Bonchev–Trinajstić information content (AvgIpc) is 2.72. The molecule has 8 heteroatoms. The standard InChI is InChI=1S/C21H18ClFN2O3S/c1-25(19-6-3-5-17(22)13-19)29(27,28)20-7-2-4-16(12-20)21(26)24-14-15-8-10-18(23)11-9-15/h2-13H,14H2,1H3,(H,24,26). The van der Waals surface area contributed by atoms with E-state index < -0.39 is 15.9 Å². The highest BCUT2D eigenvalue weighted by molar-refractivity contribution is 7.92. The minimum atomic E-state index is -3.88. The van der Waals surface area contributed by atoms with Crippen molar-refractivity contribution in [3.8, 4) is 0 Å². The summed E-state index contributed by atoms with van der Waals surface area (Å²) in [7, 11) is -2.46. The normalized spacial score (nSPS) is 11.1. The van der Waals surface area contributed by atoms with E-state index in [1.807, 2.05) is 0 Å². The van der Waals surface area contributed by atoms with E-state index in [-0.39, 0.29) is 22.8 Å². The van der Waals surface area contributed by atoms with Gasteiger partial charge in [-0.3, -0.25) is 9.10 Å². The van der Waals surface area contributed by atoms with Gasteiger partial charge in [-0.25, -0.2) is 12.8 Å². The highest BCUT2D eigenvalue weighted by Crippen LogP contribution is 2.25. The zero-order valence-electron chi connectivity index (χ0n) is 15.5. The lowest BCUT2D eigenvalue weighted by Gasteiger charge is -2.20. The minimum absolute atomic E-state index is 0.0191. The number of halogens is 2. The van der Waals surface area contributed by atoms with Gasteiger partial charge in [-0.05, 0) is 54.1 Å². The Kier molecular flexibility index (Phi) is 6.20. The lowest BCUT2D eigenvalue weighted by atomic mass is 10.2. The third-order valence-corrected chi connectivity index (χ3v) is 6.31. The molecule has 0 radical (unpaired) electrons. The number of nitrogens with one attached hydrogen (secondary N) is 1. The van der Waals surface area contributed by atoms with Gasteiger partial charge >= 0.3 is 0 Å². The third-order valence-electron chi connectivity index (χ3n) is 4.29. The van der Waals surface area contributed by atoms with E-state index in [9.17, 15) is 17.6 Å². The largest absolute Gasteiger partial charge is 0.348 e. The van der Waals surface area contributed by atoms with Crippen LogP contribution in [0, 0.1) is 5.82 Å². The Morgan fingerprint density at radius 2 is 1.72 bits per heavy atom. The van der Waals surface area contributed by atoms with Crippen LogP contribution in [0.2, 0.25) is 5.02 Å². The molecule has 0 bridgehead atoms. The molecule has 0 aliphatic carbocycles. The second-order valence-corrected chi connectivity index (χ2v) is 8.70. The van der Waals surface area contributed by atoms with Gasteiger partial charge < -0.3 is 5.32 Å². The van der Waals surface area contributed by atoms with Crippen LogP contribution in [0.15, 0.2) is 77.7 Å². The van der Waals surface area contributed by atoms with Crippen molar-refractivity contribution in [1.29, 1.82) is 0 Å². The van der Waals surface area contributed by atoms with E-state index in [0.717, 1.165) is 9.87 Å². The first kappa shape index (κ1) is 20.8. The van der Waals surface area contributed by atoms with Crippen LogP contribution in [-0.2, 0) is 16.6 Å². The van der Waals surface area contributed by atoms with E-state index >= 15 is 0 Å². The second kappa shape index (κ2) is 8.63. The van der Waals surface area contributed by atoms with Crippen molar-refractivity contribution >= 4 is 33.2 Å². The Labute approximate surface area is 173 Å². The summed E-state index contributed by atoms with van der Waals surface area (Å²) in [6.45, 7) is 0.193. The molecular formula is C21H18ClFN2O3S. The number of sulfonamides is 1. The number of hydrogen-bond acceptors (Lipinski definition) is 3. The number of nitrogens with zero attached hydrogens (tertiary/aromatic N) is 1. The van der Waals surface area contributed by atoms with Crippen molar-refractivity contribution in [3.05, 3.63) is 94.8 Å². The topological polar surface area (TPSA) is 66.5 Å². The molecule has 0 aliphatic rings. The average molecular weight is 433 g/mol. The lowest BCUT2D eigenvalue weighted by molar-refractivity contribution is 0.0950. The molecule has 150 valence electrons. The highest BCUT2D eigenvalue weighted by atomic mass is 35.5. The summed E-state index contributed by atoms with van der Waals surface area (Å²) < 4.78 is 40.0. The van der Waals surface area contributed by atoms with Crippen LogP contribution in [0.5, 0.6) is 0 Å². The predicted octanol–water partition coefficient (Wildman–Crippen LogP) is 4.23. The van der Waals surface area contributed by atoms with Crippen molar-refractivity contribution in [2.24, 2.45) is 0 Å². The Morgan fingerprint density at radius 1 is 1.03 bits per heavy atom. The van der Waals surface area contributed by atoms with Gasteiger partial charge in [0.15, 0.2) is 0 Å². The van der Waals surface area contributed by atoms with Gasteiger partial charge in [0.2, 0.25) is 0 Å². The minimum Gasteiger partial charge on any atom is -0.348 e. The summed E-state index contributed by atoms with van der Waals surface area (Å²) >= 11 is 5.95. The second-order valence-electron chi connectivity index (χ2n) is 6.29. The van der Waals surface area contributed by atoms with Crippen molar-refractivity contribution < 1.29 is 17.6 Å². The predicted molar refractivity (Wildman–Crippen MR) is 111 cm³/mol. The smallest absolute Gasteiger partial charge is 0.264 e. The first-order valence-electron chi connectivity index (χ1n) is 8.64. The van der Waals surface area contributed by atoms with Crippen molar-refractivity contribution in [2.75, 3.05) is 11.4 Å². The van der Waals surface area contributed by atoms with Crippen LogP contribution >= 0.6 is 11.6 Å². The Balaban J connectivity index is 1.78. The van der Waals surface area contributed by atoms with Crippen molar-refractivity contribution in [2.45, 2.75) is 11.4 Å². The summed E-state index contributed by atoms with van der Waals surface area (Å²) in [4.78, 5) is 12.4. The quantitative estimate of drug-likeness (QED) is 0.633. The number of anilines is 1. The number of rotatable bonds is 6. The van der Waals surface area contributed by atoms with Crippen LogP contribution < -0.4 is 9.62 Å². The zero-order valence-corrected chi connectivity index (χ0v) is 17.0. The first-order chi connectivity index (χ1) is 13.8. The lowest BCUT2D eigenvalue weighted by Crippen LogP contribution is -2.27. The van der Waals surface area contributed by atoms with Crippen LogP contribution in [-0.4, -0.2) is 21.4 Å². The summed E-state index contributed by atoms with van der Waals surface area (Å²) in [6, 6.07) is 18.0. The molecule has 0 saturated heterocycles. The van der Waals surface area contributed by atoms with Gasteiger partial charge in [0.25, 0.3) is 15.9 Å². The highest BCUT2D eigenvalue weighted by Gasteiger charge is 2.22. The van der Waals surface area contributed by atoms with E-state index in [1.54, 1.807) is 36.4 Å². The maximum atomic E-state index is 13.0. The summed E-state index contributed by atoms with van der Waals surface area (Å²) in [5, 5.41) is 3.11. The molecule has 0 spiro atoms. The Hall–Kier alpha value is -2.90. The number of carbonyl (C=O) groups excluding carboxylic acids is 1. The fourth-order valence-corrected chi connectivity index (χ4v) is 4.07. The van der Waals surface area contributed by atoms with Gasteiger partial charge in [-0.1, -0.05) is 35.9 Å².